The first kappa shape index (κ1) is 7.80. The fourth-order valence-corrected chi connectivity index (χ4v) is 1.72. The molecule has 0 spiro atoms. The number of aliphatic hydroxyl groups is 1. The molecule has 1 fully saturated rings. The summed E-state index contributed by atoms with van der Waals surface area (Å²) >= 11 is 0. The zero-order chi connectivity index (χ0) is 7.61. The SMILES string of the molecule is C=CC1CCCCC1(C)O. The first-order valence-corrected chi connectivity index (χ1v) is 4.02. The summed E-state index contributed by atoms with van der Waals surface area (Å²) in [6, 6.07) is 0. The van der Waals surface area contributed by atoms with Crippen LogP contribution in [0.5, 0.6) is 0 Å². The van der Waals surface area contributed by atoms with Gasteiger partial charge >= 0.3 is 0 Å². The summed E-state index contributed by atoms with van der Waals surface area (Å²) in [4.78, 5) is 0. The van der Waals surface area contributed by atoms with Gasteiger partial charge in [0.2, 0.25) is 0 Å². The van der Waals surface area contributed by atoms with Crippen LogP contribution in [-0.4, -0.2) is 10.7 Å². The average molecular weight is 140 g/mol. The lowest BCUT2D eigenvalue weighted by atomic mass is 9.77. The van der Waals surface area contributed by atoms with E-state index < -0.39 is 5.60 Å². The molecule has 0 aromatic rings. The minimum atomic E-state index is -0.472. The summed E-state index contributed by atoms with van der Waals surface area (Å²) in [5, 5.41) is 9.76. The van der Waals surface area contributed by atoms with Crippen LogP contribution in [-0.2, 0) is 0 Å². The minimum Gasteiger partial charge on any atom is -0.390 e. The van der Waals surface area contributed by atoms with Crippen LogP contribution in [0.1, 0.15) is 32.6 Å². The van der Waals surface area contributed by atoms with Crippen molar-refractivity contribution in [2.24, 2.45) is 5.92 Å². The van der Waals surface area contributed by atoms with Gasteiger partial charge in [-0.3, -0.25) is 0 Å². The highest BCUT2D eigenvalue weighted by Gasteiger charge is 2.31. The second kappa shape index (κ2) is 2.75. The molecule has 2 unspecified atom stereocenters. The number of hydrogen-bond donors (Lipinski definition) is 1. The molecule has 0 aromatic carbocycles. The van der Waals surface area contributed by atoms with Gasteiger partial charge in [-0.05, 0) is 19.8 Å². The molecule has 0 radical (unpaired) electrons. The maximum absolute atomic E-state index is 9.76. The van der Waals surface area contributed by atoms with Gasteiger partial charge in [0.25, 0.3) is 0 Å². The van der Waals surface area contributed by atoms with E-state index in [0.717, 1.165) is 19.3 Å². The Kier molecular flexibility index (Phi) is 2.14. The molecule has 1 heteroatoms. The Balaban J connectivity index is 2.59. The monoisotopic (exact) mass is 140 g/mol. The van der Waals surface area contributed by atoms with E-state index in [0.29, 0.717) is 5.92 Å². The van der Waals surface area contributed by atoms with Crippen LogP contribution in [0.4, 0.5) is 0 Å². The second-order valence-corrected chi connectivity index (χ2v) is 3.45. The molecule has 0 aliphatic heterocycles. The predicted octanol–water partition coefficient (Wildman–Crippen LogP) is 2.11. The Morgan fingerprint density at radius 3 is 2.70 bits per heavy atom. The van der Waals surface area contributed by atoms with Crippen LogP contribution in [0.15, 0.2) is 12.7 Å². The quantitative estimate of drug-likeness (QED) is 0.553. The van der Waals surface area contributed by atoms with Crippen molar-refractivity contribution < 1.29 is 5.11 Å². The molecule has 10 heavy (non-hydrogen) atoms. The van der Waals surface area contributed by atoms with Gasteiger partial charge < -0.3 is 5.11 Å². The van der Waals surface area contributed by atoms with Crippen molar-refractivity contribution in [1.82, 2.24) is 0 Å². The van der Waals surface area contributed by atoms with Gasteiger partial charge in [-0.2, -0.15) is 0 Å². The van der Waals surface area contributed by atoms with Gasteiger partial charge in [0.05, 0.1) is 5.60 Å². The molecule has 0 saturated heterocycles. The molecule has 0 heterocycles. The molecule has 58 valence electrons. The lowest BCUT2D eigenvalue weighted by Gasteiger charge is -2.35. The van der Waals surface area contributed by atoms with Crippen molar-refractivity contribution in [3.05, 3.63) is 12.7 Å². The Morgan fingerprint density at radius 2 is 2.30 bits per heavy atom. The fraction of sp³-hybridized carbons (Fsp3) is 0.778. The van der Waals surface area contributed by atoms with E-state index in [1.807, 2.05) is 13.0 Å². The van der Waals surface area contributed by atoms with Crippen molar-refractivity contribution in [2.75, 3.05) is 0 Å². The topological polar surface area (TPSA) is 20.2 Å². The largest absolute Gasteiger partial charge is 0.390 e. The van der Waals surface area contributed by atoms with Gasteiger partial charge in [-0.1, -0.05) is 18.9 Å². The summed E-state index contributed by atoms with van der Waals surface area (Å²) in [6.45, 7) is 5.64. The Bertz CT molecular complexity index is 127. The lowest BCUT2D eigenvalue weighted by Crippen LogP contribution is -2.35. The highest BCUT2D eigenvalue weighted by Crippen LogP contribution is 2.33. The van der Waals surface area contributed by atoms with Gasteiger partial charge in [-0.15, -0.1) is 6.58 Å². The molecule has 0 aromatic heterocycles. The highest BCUT2D eigenvalue weighted by molar-refractivity contribution is 4.95. The smallest absolute Gasteiger partial charge is 0.0681 e. The normalized spacial score (nSPS) is 41.2. The molecular weight excluding hydrogens is 124 g/mol. The maximum atomic E-state index is 9.76. The minimum absolute atomic E-state index is 0.321. The third-order valence-electron chi connectivity index (χ3n) is 2.53. The number of hydrogen-bond acceptors (Lipinski definition) is 1. The van der Waals surface area contributed by atoms with E-state index in [-0.39, 0.29) is 0 Å². The van der Waals surface area contributed by atoms with Crippen molar-refractivity contribution in [3.8, 4) is 0 Å². The van der Waals surface area contributed by atoms with Crippen LogP contribution in [0.3, 0.4) is 0 Å². The van der Waals surface area contributed by atoms with Crippen LogP contribution in [0.2, 0.25) is 0 Å². The molecule has 0 amide bonds. The standard InChI is InChI=1S/C9H16O/c1-3-8-6-4-5-7-9(8,2)10/h3,8,10H,1,4-7H2,2H3. The average Bonchev–Trinajstić information content (AvgIpc) is 1.87. The van der Waals surface area contributed by atoms with E-state index >= 15 is 0 Å². The van der Waals surface area contributed by atoms with Crippen LogP contribution >= 0.6 is 0 Å². The van der Waals surface area contributed by atoms with Gasteiger partial charge in [0.15, 0.2) is 0 Å². The molecule has 1 aliphatic carbocycles. The molecular formula is C9H16O. The van der Waals surface area contributed by atoms with Crippen molar-refractivity contribution >= 4 is 0 Å². The van der Waals surface area contributed by atoms with Crippen molar-refractivity contribution in [1.29, 1.82) is 0 Å². The predicted molar refractivity (Wildman–Crippen MR) is 42.8 cm³/mol. The van der Waals surface area contributed by atoms with E-state index in [9.17, 15) is 5.11 Å². The van der Waals surface area contributed by atoms with Crippen LogP contribution in [0.25, 0.3) is 0 Å². The Morgan fingerprint density at radius 1 is 1.60 bits per heavy atom. The summed E-state index contributed by atoms with van der Waals surface area (Å²) in [6.07, 6.45) is 6.34. The first-order valence-electron chi connectivity index (χ1n) is 4.02. The van der Waals surface area contributed by atoms with Crippen LogP contribution < -0.4 is 0 Å². The molecule has 1 N–H and O–H groups in total. The fourth-order valence-electron chi connectivity index (χ4n) is 1.72. The maximum Gasteiger partial charge on any atom is 0.0681 e. The second-order valence-electron chi connectivity index (χ2n) is 3.45. The summed E-state index contributed by atoms with van der Waals surface area (Å²) < 4.78 is 0. The van der Waals surface area contributed by atoms with Gasteiger partial charge in [-0.25, -0.2) is 0 Å². The molecule has 1 aliphatic rings. The van der Waals surface area contributed by atoms with E-state index in [1.165, 1.54) is 6.42 Å². The van der Waals surface area contributed by atoms with Crippen LogP contribution in [0, 0.1) is 5.92 Å². The van der Waals surface area contributed by atoms with Crippen molar-refractivity contribution in [2.45, 2.75) is 38.2 Å². The van der Waals surface area contributed by atoms with E-state index in [2.05, 4.69) is 6.58 Å². The van der Waals surface area contributed by atoms with Crippen molar-refractivity contribution in [3.63, 3.8) is 0 Å². The van der Waals surface area contributed by atoms with Gasteiger partial charge in [0, 0.05) is 5.92 Å². The molecule has 1 saturated carbocycles. The Hall–Kier alpha value is -0.300. The van der Waals surface area contributed by atoms with E-state index in [4.69, 9.17) is 0 Å². The summed E-state index contributed by atoms with van der Waals surface area (Å²) in [5.41, 5.74) is -0.472. The zero-order valence-electron chi connectivity index (χ0n) is 6.64. The van der Waals surface area contributed by atoms with Gasteiger partial charge in [0.1, 0.15) is 0 Å². The van der Waals surface area contributed by atoms with E-state index in [1.54, 1.807) is 0 Å². The first-order chi connectivity index (χ1) is 4.67. The zero-order valence-corrected chi connectivity index (χ0v) is 6.64. The molecule has 1 rings (SSSR count). The Labute approximate surface area is 62.8 Å². The number of rotatable bonds is 1. The molecule has 2 atom stereocenters. The molecule has 0 bridgehead atoms. The summed E-state index contributed by atoms with van der Waals surface area (Å²) in [7, 11) is 0. The summed E-state index contributed by atoms with van der Waals surface area (Å²) in [5.74, 6) is 0.321. The molecule has 1 nitrogen and oxygen atoms in total. The third-order valence-corrected chi connectivity index (χ3v) is 2.53. The third kappa shape index (κ3) is 1.40. The highest BCUT2D eigenvalue weighted by atomic mass is 16.3. The lowest BCUT2D eigenvalue weighted by molar-refractivity contribution is -0.0120.